The molecule has 0 spiro atoms. The number of nitrogens with zero attached hydrogens (tertiary/aromatic N) is 3. The summed E-state index contributed by atoms with van der Waals surface area (Å²) in [5, 5.41) is 12.5. The zero-order valence-corrected chi connectivity index (χ0v) is 22.1. The number of rotatable bonds is 10. The number of piperidine rings is 1. The molecule has 0 aliphatic carbocycles. The highest BCUT2D eigenvalue weighted by molar-refractivity contribution is 7.92. The van der Waals surface area contributed by atoms with E-state index in [-0.39, 0.29) is 34.7 Å². The van der Waals surface area contributed by atoms with Crippen LogP contribution in [0.4, 0.5) is 11.4 Å². The SMILES string of the molecule is CCOC(=O)/C(C#N)=c1\s/c(=C/Nc2ccc(NS(=O)(=O)CCN3CCCCC3)cc2)c(=O)n1CC. The molecule has 194 valence electrons. The molecule has 3 rings (SSSR count). The Kier molecular flexibility index (Phi) is 9.69. The Bertz CT molecular complexity index is 1380. The van der Waals surface area contributed by atoms with Gasteiger partial charge >= 0.3 is 5.97 Å². The van der Waals surface area contributed by atoms with Gasteiger partial charge in [-0.25, -0.2) is 13.2 Å². The second-order valence-corrected chi connectivity index (χ2v) is 11.1. The standard InChI is InChI=1S/C24H31N5O5S2/c1-3-29-22(30)21(35-23(29)20(16-25)24(31)34-4-2)17-26-18-8-10-19(11-9-18)27-36(32,33)15-14-28-12-6-5-7-13-28/h8-11,17,26-27H,3-7,12-15H2,1-2H3/b21-17+,23-20-. The molecule has 0 saturated carbocycles. The molecule has 1 saturated heterocycles. The topological polar surface area (TPSA) is 134 Å². The van der Waals surface area contributed by atoms with Gasteiger partial charge in [-0.1, -0.05) is 6.42 Å². The molecule has 1 aliphatic rings. The molecule has 0 unspecified atom stereocenters. The van der Waals surface area contributed by atoms with Crippen LogP contribution in [0.3, 0.4) is 0 Å². The number of sulfonamides is 1. The number of likely N-dealkylation sites (tertiary alicyclic amines) is 1. The van der Waals surface area contributed by atoms with Crippen LogP contribution in [0, 0.1) is 11.3 Å². The van der Waals surface area contributed by atoms with Crippen LogP contribution in [-0.4, -0.2) is 55.8 Å². The minimum absolute atomic E-state index is 0.0404. The van der Waals surface area contributed by atoms with Gasteiger partial charge in [0.2, 0.25) is 10.0 Å². The molecule has 0 radical (unpaired) electrons. The normalized spacial score (nSPS) is 15.8. The van der Waals surface area contributed by atoms with Crippen molar-refractivity contribution >= 4 is 50.5 Å². The highest BCUT2D eigenvalue weighted by Gasteiger charge is 2.17. The summed E-state index contributed by atoms with van der Waals surface area (Å²) >= 11 is 1.02. The average molecular weight is 534 g/mol. The van der Waals surface area contributed by atoms with Gasteiger partial charge in [-0.15, -0.1) is 11.3 Å². The van der Waals surface area contributed by atoms with Crippen LogP contribution in [0.5, 0.6) is 0 Å². The largest absolute Gasteiger partial charge is 0.462 e. The summed E-state index contributed by atoms with van der Waals surface area (Å²) in [6, 6.07) is 8.51. The van der Waals surface area contributed by atoms with Crippen LogP contribution < -0.4 is 24.8 Å². The molecular formula is C24H31N5O5S2. The quantitative estimate of drug-likeness (QED) is 0.436. The Morgan fingerprint density at radius 1 is 1.17 bits per heavy atom. The van der Waals surface area contributed by atoms with Crippen molar-refractivity contribution in [3.05, 3.63) is 43.8 Å². The minimum Gasteiger partial charge on any atom is -0.462 e. The third-order valence-electron chi connectivity index (χ3n) is 5.68. The lowest BCUT2D eigenvalue weighted by atomic mass is 10.1. The summed E-state index contributed by atoms with van der Waals surface area (Å²) in [4.78, 5) is 27.1. The van der Waals surface area contributed by atoms with E-state index in [1.165, 1.54) is 17.2 Å². The number of hydrogen-bond acceptors (Lipinski definition) is 9. The molecule has 1 aliphatic heterocycles. The predicted molar refractivity (Wildman–Crippen MR) is 141 cm³/mol. The van der Waals surface area contributed by atoms with Crippen molar-refractivity contribution < 1.29 is 17.9 Å². The highest BCUT2D eigenvalue weighted by Crippen LogP contribution is 2.15. The maximum Gasteiger partial charge on any atom is 0.351 e. The first-order valence-corrected chi connectivity index (χ1v) is 14.4. The van der Waals surface area contributed by atoms with Crippen molar-refractivity contribution in [2.75, 3.05) is 42.0 Å². The molecule has 12 heteroatoms. The van der Waals surface area contributed by atoms with E-state index in [1.807, 2.05) is 6.07 Å². The Labute approximate surface area is 214 Å². The van der Waals surface area contributed by atoms with Crippen LogP contribution in [0.15, 0.2) is 29.1 Å². The second kappa shape index (κ2) is 12.7. The van der Waals surface area contributed by atoms with E-state index in [4.69, 9.17) is 4.74 Å². The maximum atomic E-state index is 12.8. The highest BCUT2D eigenvalue weighted by atomic mass is 32.2. The Hall–Kier alpha value is -3.14. The number of ether oxygens (including phenoxy) is 1. The van der Waals surface area contributed by atoms with Gasteiger partial charge in [-0.05, 0) is 64.0 Å². The molecule has 2 N–H and O–H groups in total. The van der Waals surface area contributed by atoms with Crippen molar-refractivity contribution in [1.82, 2.24) is 9.47 Å². The molecule has 0 bridgehead atoms. The molecule has 0 atom stereocenters. The maximum absolute atomic E-state index is 12.8. The molecule has 1 fully saturated rings. The molecule has 1 aromatic carbocycles. The average Bonchev–Trinajstić information content (AvgIpc) is 3.18. The number of nitriles is 1. The van der Waals surface area contributed by atoms with E-state index in [0.29, 0.717) is 22.5 Å². The number of hydrogen-bond donors (Lipinski definition) is 2. The van der Waals surface area contributed by atoms with Crippen molar-refractivity contribution in [2.45, 2.75) is 39.7 Å². The lowest BCUT2D eigenvalue weighted by molar-refractivity contribution is -0.136. The van der Waals surface area contributed by atoms with E-state index < -0.39 is 16.0 Å². The molecule has 10 nitrogen and oxygen atoms in total. The van der Waals surface area contributed by atoms with Gasteiger partial charge in [0.1, 0.15) is 15.3 Å². The number of anilines is 2. The summed E-state index contributed by atoms with van der Waals surface area (Å²) in [6.07, 6.45) is 4.93. The Morgan fingerprint density at radius 2 is 1.83 bits per heavy atom. The Morgan fingerprint density at radius 3 is 2.44 bits per heavy atom. The summed E-state index contributed by atoms with van der Waals surface area (Å²) in [7, 11) is -3.46. The second-order valence-electron chi connectivity index (χ2n) is 8.22. The number of esters is 1. The number of thiazole rings is 1. The number of nitrogens with one attached hydrogen (secondary N) is 2. The number of aromatic nitrogens is 1. The fourth-order valence-corrected chi connectivity index (χ4v) is 6.00. The van der Waals surface area contributed by atoms with E-state index in [9.17, 15) is 23.3 Å². The monoisotopic (exact) mass is 533 g/mol. The third kappa shape index (κ3) is 7.19. The molecule has 2 heterocycles. The summed E-state index contributed by atoms with van der Waals surface area (Å²) < 4.78 is 34.4. The van der Waals surface area contributed by atoms with Gasteiger partial charge in [0.15, 0.2) is 5.57 Å². The number of carbonyl (C=O) groups excluding carboxylic acids is 1. The first-order chi connectivity index (χ1) is 17.3. The molecular weight excluding hydrogens is 502 g/mol. The van der Waals surface area contributed by atoms with Crippen molar-refractivity contribution in [1.29, 1.82) is 5.26 Å². The van der Waals surface area contributed by atoms with Crippen molar-refractivity contribution in [3.63, 3.8) is 0 Å². The van der Waals surface area contributed by atoms with Gasteiger partial charge < -0.3 is 15.0 Å². The van der Waals surface area contributed by atoms with Crippen LogP contribution in [0.2, 0.25) is 0 Å². The molecule has 0 amide bonds. The molecule has 36 heavy (non-hydrogen) atoms. The van der Waals surface area contributed by atoms with E-state index in [0.717, 1.165) is 37.3 Å². The molecule has 1 aromatic heterocycles. The van der Waals surface area contributed by atoms with Crippen LogP contribution in [-0.2, 0) is 26.1 Å². The number of benzene rings is 1. The fourth-order valence-electron chi connectivity index (χ4n) is 3.82. The lowest BCUT2D eigenvalue weighted by Crippen LogP contribution is -2.35. The van der Waals surface area contributed by atoms with Crippen LogP contribution >= 0.6 is 11.3 Å². The van der Waals surface area contributed by atoms with Gasteiger partial charge in [0.05, 0.1) is 12.4 Å². The Balaban J connectivity index is 1.72. The molecule has 2 aromatic rings. The van der Waals surface area contributed by atoms with Crippen LogP contribution in [0.1, 0.15) is 33.1 Å². The van der Waals surface area contributed by atoms with E-state index >= 15 is 0 Å². The van der Waals surface area contributed by atoms with Crippen molar-refractivity contribution in [3.8, 4) is 6.07 Å². The fraction of sp³-hybridized carbons (Fsp3) is 0.458. The van der Waals surface area contributed by atoms with E-state index in [1.54, 1.807) is 38.1 Å². The summed E-state index contributed by atoms with van der Waals surface area (Å²) in [6.45, 7) is 6.21. The van der Waals surface area contributed by atoms with Gasteiger partial charge in [-0.3, -0.25) is 14.1 Å². The third-order valence-corrected chi connectivity index (χ3v) is 8.08. The van der Waals surface area contributed by atoms with Gasteiger partial charge in [0, 0.05) is 30.7 Å². The van der Waals surface area contributed by atoms with Crippen LogP contribution in [0.25, 0.3) is 11.8 Å². The van der Waals surface area contributed by atoms with Crippen molar-refractivity contribution in [2.24, 2.45) is 0 Å². The number of carbonyl (C=O) groups is 1. The predicted octanol–water partition coefficient (Wildman–Crippen LogP) is 1.24. The lowest BCUT2D eigenvalue weighted by Gasteiger charge is -2.26. The first kappa shape index (κ1) is 27.4. The summed E-state index contributed by atoms with van der Waals surface area (Å²) in [5.74, 6) is -0.726. The summed E-state index contributed by atoms with van der Waals surface area (Å²) in [5.41, 5.74) is 0.546. The minimum atomic E-state index is -3.46. The zero-order valence-electron chi connectivity index (χ0n) is 20.5. The smallest absolute Gasteiger partial charge is 0.351 e. The van der Waals surface area contributed by atoms with E-state index in [2.05, 4.69) is 14.9 Å². The van der Waals surface area contributed by atoms with Gasteiger partial charge in [-0.2, -0.15) is 5.26 Å². The first-order valence-electron chi connectivity index (χ1n) is 11.9. The van der Waals surface area contributed by atoms with Gasteiger partial charge in [0.25, 0.3) is 5.56 Å². The zero-order chi connectivity index (χ0) is 26.1.